The minimum atomic E-state index is -0.712. The maximum absolute atomic E-state index is 13.3. The number of allylic oxidation sites excluding steroid dienone is 1. The molecule has 8 atom stereocenters. The van der Waals surface area contributed by atoms with Crippen LogP contribution in [0, 0.1) is 46.3 Å². The van der Waals surface area contributed by atoms with Crippen LogP contribution in [0.2, 0.25) is 0 Å². The third-order valence-corrected chi connectivity index (χ3v) is 13.7. The number of hydrogen-bond acceptors (Lipinski definition) is 4. The quantitative estimate of drug-likeness (QED) is 0.378. The SMILES string of the molecule is C[C@H](CCC(=O)N1CCC(CN2CCOC(C)(C)C2=O)CC1)[C@H]1CC[C@H]2[C@@H]3CC=C4C[C@@H](O)CC[C@]4(C)[C@H]3CC[C@]12C. The molecule has 0 aromatic rings. The second-order valence-corrected chi connectivity index (χ2v) is 16.3. The number of aliphatic hydroxyl groups excluding tert-OH is 1. The van der Waals surface area contributed by atoms with Gasteiger partial charge in [0.1, 0.15) is 5.60 Å². The summed E-state index contributed by atoms with van der Waals surface area (Å²) in [6, 6.07) is 0. The van der Waals surface area contributed by atoms with Gasteiger partial charge in [0.25, 0.3) is 5.91 Å². The highest BCUT2D eigenvalue weighted by molar-refractivity contribution is 5.85. The molecular weight excluding hydrogens is 524 g/mol. The topological polar surface area (TPSA) is 70.1 Å². The molecule has 1 N–H and O–H groups in total. The van der Waals surface area contributed by atoms with Gasteiger partial charge in [0.2, 0.25) is 5.91 Å². The fraction of sp³-hybridized carbons (Fsp3) is 0.889. The van der Waals surface area contributed by atoms with Gasteiger partial charge in [0.15, 0.2) is 0 Å². The first kappa shape index (κ1) is 30.6. The monoisotopic (exact) mass is 582 g/mol. The van der Waals surface area contributed by atoms with Gasteiger partial charge in [-0.1, -0.05) is 32.4 Å². The lowest BCUT2D eigenvalue weighted by molar-refractivity contribution is -0.167. The number of carbonyl (C=O) groups is 2. The van der Waals surface area contributed by atoms with E-state index in [9.17, 15) is 14.7 Å². The number of carbonyl (C=O) groups excluding carboxylic acids is 2. The molecule has 5 fully saturated rings. The molecule has 4 aliphatic carbocycles. The number of aliphatic hydroxyl groups is 1. The summed E-state index contributed by atoms with van der Waals surface area (Å²) in [7, 11) is 0. The first-order valence-corrected chi connectivity index (χ1v) is 17.5. The van der Waals surface area contributed by atoms with Gasteiger partial charge < -0.3 is 19.6 Å². The number of rotatable bonds is 6. The van der Waals surface area contributed by atoms with E-state index in [-0.39, 0.29) is 12.0 Å². The summed E-state index contributed by atoms with van der Waals surface area (Å²) in [4.78, 5) is 30.1. The van der Waals surface area contributed by atoms with Crippen LogP contribution in [0.4, 0.5) is 0 Å². The predicted molar refractivity (Wildman–Crippen MR) is 166 cm³/mol. The molecule has 0 spiro atoms. The van der Waals surface area contributed by atoms with E-state index >= 15 is 0 Å². The van der Waals surface area contributed by atoms with E-state index in [1.165, 1.54) is 32.1 Å². The Morgan fingerprint density at radius 1 is 1.02 bits per heavy atom. The van der Waals surface area contributed by atoms with Crippen molar-refractivity contribution in [2.24, 2.45) is 46.3 Å². The van der Waals surface area contributed by atoms with Crippen molar-refractivity contribution >= 4 is 11.8 Å². The van der Waals surface area contributed by atoms with Gasteiger partial charge in [-0.15, -0.1) is 0 Å². The van der Waals surface area contributed by atoms with Crippen LogP contribution in [-0.2, 0) is 14.3 Å². The Bertz CT molecular complexity index is 1060. The van der Waals surface area contributed by atoms with E-state index in [0.29, 0.717) is 48.1 Å². The number of hydrogen-bond donors (Lipinski definition) is 1. The zero-order valence-corrected chi connectivity index (χ0v) is 27.2. The number of amides is 2. The van der Waals surface area contributed by atoms with Gasteiger partial charge in [-0.05, 0) is 131 Å². The summed E-state index contributed by atoms with van der Waals surface area (Å²) >= 11 is 0. The smallest absolute Gasteiger partial charge is 0.254 e. The summed E-state index contributed by atoms with van der Waals surface area (Å²) in [5.74, 6) is 4.62. The maximum Gasteiger partial charge on any atom is 0.254 e. The molecule has 0 aromatic carbocycles. The van der Waals surface area contributed by atoms with Crippen LogP contribution in [0.1, 0.15) is 112 Å². The molecule has 0 radical (unpaired) electrons. The number of ether oxygens (including phenoxy) is 1. The van der Waals surface area contributed by atoms with E-state index in [1.807, 2.05) is 18.7 Å². The van der Waals surface area contributed by atoms with Gasteiger partial charge in [-0.25, -0.2) is 0 Å². The predicted octanol–water partition coefficient (Wildman–Crippen LogP) is 6.22. The molecule has 0 bridgehead atoms. The lowest BCUT2D eigenvalue weighted by Crippen LogP contribution is -2.55. The fourth-order valence-electron chi connectivity index (χ4n) is 11.1. The molecule has 6 nitrogen and oxygen atoms in total. The minimum absolute atomic E-state index is 0.102. The first-order chi connectivity index (χ1) is 19.9. The van der Waals surface area contributed by atoms with Gasteiger partial charge in [-0.2, -0.15) is 0 Å². The highest BCUT2D eigenvalue weighted by Gasteiger charge is 2.59. The van der Waals surface area contributed by atoms with Crippen molar-refractivity contribution in [3.05, 3.63) is 11.6 Å². The Hall–Kier alpha value is -1.40. The Balaban J connectivity index is 0.992. The molecule has 6 rings (SSSR count). The van der Waals surface area contributed by atoms with E-state index in [0.717, 1.165) is 81.8 Å². The summed E-state index contributed by atoms with van der Waals surface area (Å²) < 4.78 is 5.66. The third-order valence-electron chi connectivity index (χ3n) is 13.7. The Labute approximate surface area is 255 Å². The van der Waals surface area contributed by atoms with Gasteiger partial charge in [0, 0.05) is 32.6 Å². The molecule has 2 amide bonds. The van der Waals surface area contributed by atoms with Crippen LogP contribution in [-0.4, -0.2) is 71.2 Å². The second kappa shape index (κ2) is 11.5. The van der Waals surface area contributed by atoms with Gasteiger partial charge in [-0.3, -0.25) is 9.59 Å². The average Bonchev–Trinajstić information content (AvgIpc) is 3.32. The van der Waals surface area contributed by atoms with Crippen molar-refractivity contribution < 1.29 is 19.4 Å². The number of nitrogens with zero attached hydrogens (tertiary/aromatic N) is 2. The standard InChI is InChI=1S/C36H58N2O4/c1-24(6-11-32(40)37-18-14-25(15-19-37)23-38-20-21-42-34(2,3)33(38)41)29-9-10-30-28-8-7-26-22-27(39)12-16-35(26,4)31(28)13-17-36(29,30)5/h7,24-25,27-31,39H,6,8-23H2,1-5H3/t24-,27+,28+,29-,30+,31+,35+,36-/m1/s1. The van der Waals surface area contributed by atoms with Crippen LogP contribution in [0.25, 0.3) is 0 Å². The largest absolute Gasteiger partial charge is 0.393 e. The minimum Gasteiger partial charge on any atom is -0.393 e. The van der Waals surface area contributed by atoms with Gasteiger partial charge in [0.05, 0.1) is 12.7 Å². The van der Waals surface area contributed by atoms with Crippen molar-refractivity contribution in [2.45, 2.75) is 123 Å². The molecule has 2 heterocycles. The van der Waals surface area contributed by atoms with Crippen molar-refractivity contribution in [3.8, 4) is 0 Å². The second-order valence-electron chi connectivity index (χ2n) is 16.3. The molecule has 0 aromatic heterocycles. The third kappa shape index (κ3) is 5.39. The van der Waals surface area contributed by atoms with E-state index in [4.69, 9.17) is 4.74 Å². The average molecular weight is 583 g/mol. The molecule has 6 aliphatic rings. The lowest BCUT2D eigenvalue weighted by atomic mass is 9.47. The van der Waals surface area contributed by atoms with E-state index < -0.39 is 5.60 Å². The van der Waals surface area contributed by atoms with Crippen LogP contribution < -0.4 is 0 Å². The Kier molecular flexibility index (Phi) is 8.39. The molecule has 6 heteroatoms. The highest BCUT2D eigenvalue weighted by atomic mass is 16.5. The molecule has 0 unspecified atom stereocenters. The molecule has 236 valence electrons. The van der Waals surface area contributed by atoms with Crippen molar-refractivity contribution in [1.29, 1.82) is 0 Å². The zero-order valence-electron chi connectivity index (χ0n) is 27.2. The van der Waals surface area contributed by atoms with Crippen LogP contribution in [0.5, 0.6) is 0 Å². The Morgan fingerprint density at radius 3 is 2.55 bits per heavy atom. The fourth-order valence-corrected chi connectivity index (χ4v) is 11.1. The normalized spacial score (nSPS) is 41.0. The molecule has 42 heavy (non-hydrogen) atoms. The van der Waals surface area contributed by atoms with Crippen LogP contribution in [0.15, 0.2) is 11.6 Å². The summed E-state index contributed by atoms with van der Waals surface area (Å²) in [5.41, 5.74) is 1.57. The van der Waals surface area contributed by atoms with Crippen molar-refractivity contribution in [2.75, 3.05) is 32.8 Å². The molecule has 3 saturated carbocycles. The van der Waals surface area contributed by atoms with Crippen LogP contribution >= 0.6 is 0 Å². The number of fused-ring (bicyclic) bond motifs is 5. The van der Waals surface area contributed by atoms with Crippen molar-refractivity contribution in [3.63, 3.8) is 0 Å². The first-order valence-electron chi connectivity index (χ1n) is 17.5. The highest BCUT2D eigenvalue weighted by Crippen LogP contribution is 2.67. The molecular formula is C36H58N2O4. The summed E-state index contributed by atoms with van der Waals surface area (Å²) in [6.45, 7) is 15.1. The van der Waals surface area contributed by atoms with Gasteiger partial charge >= 0.3 is 0 Å². The summed E-state index contributed by atoms with van der Waals surface area (Å²) in [5, 5.41) is 10.3. The molecule has 2 saturated heterocycles. The summed E-state index contributed by atoms with van der Waals surface area (Å²) in [6.07, 6.45) is 15.7. The van der Waals surface area contributed by atoms with Crippen LogP contribution in [0.3, 0.4) is 0 Å². The van der Waals surface area contributed by atoms with Crippen molar-refractivity contribution in [1.82, 2.24) is 9.80 Å². The lowest BCUT2D eigenvalue weighted by Gasteiger charge is -2.58. The zero-order chi connectivity index (χ0) is 29.9. The number of morpholine rings is 1. The number of piperidine rings is 1. The maximum atomic E-state index is 13.3. The Morgan fingerprint density at radius 2 is 1.79 bits per heavy atom. The van der Waals surface area contributed by atoms with E-state index in [1.54, 1.807) is 5.57 Å². The number of likely N-dealkylation sites (tertiary alicyclic amines) is 1. The molecule has 2 aliphatic heterocycles. The van der Waals surface area contributed by atoms with E-state index in [2.05, 4.69) is 31.7 Å².